The molecule has 2 rings (SSSR count). The third-order valence-electron chi connectivity index (χ3n) is 3.59. The van der Waals surface area contributed by atoms with Crippen LogP contribution in [0.4, 0.5) is 10.1 Å². The topological polar surface area (TPSA) is 49.4 Å². The Morgan fingerprint density at radius 2 is 1.79 bits per heavy atom. The van der Waals surface area contributed by atoms with Crippen molar-refractivity contribution in [1.29, 1.82) is 0 Å². The van der Waals surface area contributed by atoms with Gasteiger partial charge in [-0.1, -0.05) is 23.7 Å². The van der Waals surface area contributed by atoms with E-state index in [0.717, 1.165) is 29.8 Å². The fraction of sp³-hybridized carbons (Fsp3) is 0.294. The van der Waals surface area contributed by atoms with Gasteiger partial charge in [-0.2, -0.15) is 0 Å². The number of nitrogens with zero attached hydrogens (tertiary/aromatic N) is 1. The molecule has 0 aliphatic heterocycles. The minimum absolute atomic E-state index is 0.0377. The highest BCUT2D eigenvalue weighted by Crippen LogP contribution is 2.19. The van der Waals surface area contributed by atoms with E-state index in [4.69, 9.17) is 11.6 Å². The fourth-order valence-electron chi connectivity index (χ4n) is 2.19. The van der Waals surface area contributed by atoms with Gasteiger partial charge in [-0.25, -0.2) is 17.5 Å². The molecule has 0 heterocycles. The van der Waals surface area contributed by atoms with E-state index in [1.54, 1.807) is 0 Å². The molecule has 24 heavy (non-hydrogen) atoms. The van der Waals surface area contributed by atoms with Crippen molar-refractivity contribution in [3.05, 3.63) is 58.9 Å². The highest BCUT2D eigenvalue weighted by molar-refractivity contribution is 7.89. The molecule has 4 nitrogen and oxygen atoms in total. The summed E-state index contributed by atoms with van der Waals surface area (Å²) in [6.45, 7) is 0.298. The SMILES string of the molecule is CN(C)c1ccc(CCCNS(=O)(=O)c2ccc(F)c(Cl)c2)cc1. The van der Waals surface area contributed by atoms with Crippen LogP contribution in [0.3, 0.4) is 0 Å². The first-order valence-electron chi connectivity index (χ1n) is 7.50. The molecule has 2 aromatic carbocycles. The molecule has 0 unspecified atom stereocenters. The summed E-state index contributed by atoms with van der Waals surface area (Å²) in [5.41, 5.74) is 2.26. The van der Waals surface area contributed by atoms with Crippen LogP contribution in [0, 0.1) is 5.82 Å². The number of aryl methyl sites for hydroxylation is 1. The fourth-order valence-corrected chi connectivity index (χ4v) is 3.53. The van der Waals surface area contributed by atoms with Gasteiger partial charge in [0.1, 0.15) is 5.82 Å². The molecule has 0 saturated heterocycles. The predicted octanol–water partition coefficient (Wildman–Crippen LogP) is 3.46. The monoisotopic (exact) mass is 370 g/mol. The highest BCUT2D eigenvalue weighted by atomic mass is 35.5. The maximum absolute atomic E-state index is 13.1. The molecule has 0 atom stereocenters. The van der Waals surface area contributed by atoms with Crippen LogP contribution in [0.5, 0.6) is 0 Å². The second kappa shape index (κ2) is 7.96. The lowest BCUT2D eigenvalue weighted by Crippen LogP contribution is -2.25. The molecule has 130 valence electrons. The van der Waals surface area contributed by atoms with Gasteiger partial charge in [0.2, 0.25) is 10.0 Å². The summed E-state index contributed by atoms with van der Waals surface area (Å²) in [5.74, 6) is -0.642. The highest BCUT2D eigenvalue weighted by Gasteiger charge is 2.15. The van der Waals surface area contributed by atoms with E-state index in [2.05, 4.69) is 4.72 Å². The van der Waals surface area contributed by atoms with Crippen LogP contribution in [-0.4, -0.2) is 29.1 Å². The van der Waals surface area contributed by atoms with Crippen molar-refractivity contribution >= 4 is 27.3 Å². The Morgan fingerprint density at radius 1 is 1.12 bits per heavy atom. The molecule has 0 amide bonds. The lowest BCUT2D eigenvalue weighted by atomic mass is 10.1. The summed E-state index contributed by atoms with van der Waals surface area (Å²) in [6.07, 6.45) is 1.43. The third-order valence-corrected chi connectivity index (χ3v) is 5.34. The van der Waals surface area contributed by atoms with Gasteiger partial charge in [0.05, 0.1) is 9.92 Å². The van der Waals surface area contributed by atoms with E-state index in [9.17, 15) is 12.8 Å². The number of sulfonamides is 1. The van der Waals surface area contributed by atoms with Crippen LogP contribution in [0.1, 0.15) is 12.0 Å². The number of nitrogens with one attached hydrogen (secondary N) is 1. The van der Waals surface area contributed by atoms with Crippen molar-refractivity contribution in [2.45, 2.75) is 17.7 Å². The first-order chi connectivity index (χ1) is 11.3. The van der Waals surface area contributed by atoms with Crippen LogP contribution in [0.2, 0.25) is 5.02 Å². The predicted molar refractivity (Wildman–Crippen MR) is 95.7 cm³/mol. The van der Waals surface area contributed by atoms with Crippen LogP contribution in [0.15, 0.2) is 47.4 Å². The van der Waals surface area contributed by atoms with E-state index in [1.165, 1.54) is 6.07 Å². The molecular weight excluding hydrogens is 351 g/mol. The molecule has 0 saturated carbocycles. The van der Waals surface area contributed by atoms with E-state index >= 15 is 0 Å². The lowest BCUT2D eigenvalue weighted by Gasteiger charge is -2.12. The van der Waals surface area contributed by atoms with E-state index in [1.807, 2.05) is 43.3 Å². The molecule has 0 bridgehead atoms. The van der Waals surface area contributed by atoms with Gasteiger partial charge in [-0.05, 0) is 48.7 Å². The maximum Gasteiger partial charge on any atom is 0.240 e. The van der Waals surface area contributed by atoms with Crippen molar-refractivity contribution in [1.82, 2.24) is 4.72 Å². The van der Waals surface area contributed by atoms with Crippen molar-refractivity contribution in [2.24, 2.45) is 0 Å². The maximum atomic E-state index is 13.1. The number of hydrogen-bond donors (Lipinski definition) is 1. The van der Waals surface area contributed by atoms with Crippen LogP contribution in [-0.2, 0) is 16.4 Å². The summed E-state index contributed by atoms with van der Waals surface area (Å²) >= 11 is 5.63. The first-order valence-corrected chi connectivity index (χ1v) is 9.37. The van der Waals surface area contributed by atoms with Crippen LogP contribution < -0.4 is 9.62 Å². The van der Waals surface area contributed by atoms with E-state index in [-0.39, 0.29) is 9.92 Å². The van der Waals surface area contributed by atoms with Gasteiger partial charge < -0.3 is 4.90 Å². The van der Waals surface area contributed by atoms with Gasteiger partial charge in [-0.15, -0.1) is 0 Å². The molecule has 0 fully saturated rings. The number of rotatable bonds is 7. The van der Waals surface area contributed by atoms with Gasteiger partial charge in [-0.3, -0.25) is 0 Å². The van der Waals surface area contributed by atoms with E-state index in [0.29, 0.717) is 13.0 Å². The van der Waals surface area contributed by atoms with Gasteiger partial charge in [0.15, 0.2) is 0 Å². The number of halogens is 2. The molecule has 7 heteroatoms. The molecule has 1 N–H and O–H groups in total. The lowest BCUT2D eigenvalue weighted by molar-refractivity contribution is 0.578. The Balaban J connectivity index is 1.87. The molecule has 0 aliphatic carbocycles. The second-order valence-corrected chi connectivity index (χ2v) is 7.81. The van der Waals surface area contributed by atoms with Gasteiger partial charge in [0.25, 0.3) is 0 Å². The quantitative estimate of drug-likeness (QED) is 0.759. The summed E-state index contributed by atoms with van der Waals surface area (Å²) in [7, 11) is 0.276. The first kappa shape index (κ1) is 18.7. The zero-order chi connectivity index (χ0) is 17.7. The summed E-state index contributed by atoms with van der Waals surface area (Å²) < 4.78 is 39.9. The Hall–Kier alpha value is -1.63. The van der Waals surface area contributed by atoms with Crippen LogP contribution in [0.25, 0.3) is 0 Å². The smallest absolute Gasteiger partial charge is 0.240 e. The Kier molecular flexibility index (Phi) is 6.21. The average molecular weight is 371 g/mol. The van der Waals surface area contributed by atoms with Crippen molar-refractivity contribution in [3.63, 3.8) is 0 Å². The molecule has 0 radical (unpaired) electrons. The number of hydrogen-bond acceptors (Lipinski definition) is 3. The largest absolute Gasteiger partial charge is 0.378 e. The summed E-state index contributed by atoms with van der Waals surface area (Å²) in [4.78, 5) is 1.98. The molecule has 0 spiro atoms. The van der Waals surface area contributed by atoms with E-state index < -0.39 is 15.8 Å². The summed E-state index contributed by atoms with van der Waals surface area (Å²) in [6, 6.07) is 11.5. The molecule has 0 aliphatic rings. The normalized spacial score (nSPS) is 11.5. The minimum Gasteiger partial charge on any atom is -0.378 e. The Bertz CT molecular complexity index is 793. The minimum atomic E-state index is -3.68. The second-order valence-electron chi connectivity index (χ2n) is 5.64. The average Bonchev–Trinajstić information content (AvgIpc) is 2.54. The molecular formula is C17H20ClFN2O2S. The molecule has 0 aromatic heterocycles. The van der Waals surface area contributed by atoms with Crippen molar-refractivity contribution < 1.29 is 12.8 Å². The van der Waals surface area contributed by atoms with Gasteiger partial charge in [0, 0.05) is 26.3 Å². The third kappa shape index (κ3) is 4.93. The summed E-state index contributed by atoms with van der Waals surface area (Å²) in [5, 5.41) is -0.209. The van der Waals surface area contributed by atoms with Crippen molar-refractivity contribution in [2.75, 3.05) is 25.5 Å². The number of anilines is 1. The van der Waals surface area contributed by atoms with Crippen molar-refractivity contribution in [3.8, 4) is 0 Å². The Morgan fingerprint density at radius 3 is 2.38 bits per heavy atom. The molecule has 2 aromatic rings. The van der Waals surface area contributed by atoms with Crippen LogP contribution >= 0.6 is 11.6 Å². The number of benzene rings is 2. The zero-order valence-electron chi connectivity index (χ0n) is 13.6. The Labute approximate surface area is 147 Å². The standard InChI is InChI=1S/C17H20ClFN2O2S/c1-21(2)14-7-5-13(6-8-14)4-3-11-20-24(22,23)15-9-10-17(19)16(18)12-15/h5-10,12,20H,3-4,11H2,1-2H3. The zero-order valence-corrected chi connectivity index (χ0v) is 15.2. The van der Waals surface area contributed by atoms with Gasteiger partial charge >= 0.3 is 0 Å².